The first-order valence-electron chi connectivity index (χ1n) is 10.2. The number of nitrogens with one attached hydrogen (secondary N) is 1. The Morgan fingerprint density at radius 1 is 1.00 bits per heavy atom. The molecule has 0 spiro atoms. The van der Waals surface area contributed by atoms with Crippen LogP contribution in [0.15, 0.2) is 60.0 Å². The average Bonchev–Trinajstić information content (AvgIpc) is 2.74. The van der Waals surface area contributed by atoms with Crippen LogP contribution in [0.2, 0.25) is 0 Å². The largest absolute Gasteiger partial charge is 0.325 e. The molecule has 0 aliphatic carbocycles. The van der Waals surface area contributed by atoms with Crippen molar-refractivity contribution in [3.63, 3.8) is 0 Å². The lowest BCUT2D eigenvalue weighted by Crippen LogP contribution is -2.49. The Bertz CT molecular complexity index is 963. The fourth-order valence-electron chi connectivity index (χ4n) is 3.31. The summed E-state index contributed by atoms with van der Waals surface area (Å²) in [7, 11) is -3.47. The lowest BCUT2D eigenvalue weighted by Gasteiger charge is -2.32. The predicted molar refractivity (Wildman–Crippen MR) is 122 cm³/mol. The second-order valence-corrected chi connectivity index (χ2v) is 9.58. The van der Waals surface area contributed by atoms with Gasteiger partial charge >= 0.3 is 0 Å². The van der Waals surface area contributed by atoms with Gasteiger partial charge in [-0.05, 0) is 35.3 Å². The van der Waals surface area contributed by atoms with Crippen molar-refractivity contribution < 1.29 is 13.2 Å². The maximum absolute atomic E-state index is 12.5. The number of rotatable bonds is 7. The van der Waals surface area contributed by atoms with Gasteiger partial charge in [-0.3, -0.25) is 9.69 Å². The summed E-state index contributed by atoms with van der Waals surface area (Å²) in [5.74, 6) is 0.359. The smallest absolute Gasteiger partial charge is 0.238 e. The van der Waals surface area contributed by atoms with E-state index in [-0.39, 0.29) is 12.5 Å². The molecule has 1 saturated heterocycles. The molecule has 2 aromatic carbocycles. The number of hydrogen-bond acceptors (Lipinski definition) is 4. The van der Waals surface area contributed by atoms with Crippen molar-refractivity contribution in [2.24, 2.45) is 0 Å². The molecule has 0 unspecified atom stereocenters. The van der Waals surface area contributed by atoms with Gasteiger partial charge < -0.3 is 5.32 Å². The number of carbonyl (C=O) groups is 1. The van der Waals surface area contributed by atoms with Crippen LogP contribution in [0.3, 0.4) is 0 Å². The second kappa shape index (κ2) is 10.0. The summed E-state index contributed by atoms with van der Waals surface area (Å²) < 4.78 is 26.6. The Labute approximate surface area is 179 Å². The van der Waals surface area contributed by atoms with Crippen molar-refractivity contribution in [2.75, 3.05) is 38.0 Å². The van der Waals surface area contributed by atoms with Crippen molar-refractivity contribution in [3.8, 4) is 0 Å². The van der Waals surface area contributed by atoms with Crippen LogP contribution in [-0.2, 0) is 14.8 Å². The number of amides is 1. The molecule has 1 N–H and O–H groups in total. The molecule has 160 valence electrons. The molecule has 0 aromatic heterocycles. The molecular formula is C23H29N3O3S. The van der Waals surface area contributed by atoms with Crippen molar-refractivity contribution in [2.45, 2.75) is 19.8 Å². The Morgan fingerprint density at radius 3 is 2.23 bits per heavy atom. The third-order valence-corrected chi connectivity index (χ3v) is 6.72. The van der Waals surface area contributed by atoms with Crippen LogP contribution in [0.1, 0.15) is 30.9 Å². The van der Waals surface area contributed by atoms with E-state index in [1.54, 1.807) is 6.08 Å². The zero-order valence-corrected chi connectivity index (χ0v) is 18.3. The number of nitrogens with zero attached hydrogens (tertiary/aromatic N) is 2. The number of sulfonamides is 1. The van der Waals surface area contributed by atoms with Gasteiger partial charge in [0.05, 0.1) is 6.54 Å². The Morgan fingerprint density at radius 2 is 1.63 bits per heavy atom. The molecule has 1 aliphatic heterocycles. The Hall–Kier alpha value is -2.48. The van der Waals surface area contributed by atoms with E-state index in [1.165, 1.54) is 15.3 Å². The number of piperazine rings is 1. The van der Waals surface area contributed by atoms with Crippen LogP contribution in [0.25, 0.3) is 6.08 Å². The van der Waals surface area contributed by atoms with Crippen LogP contribution in [0, 0.1) is 0 Å². The van der Waals surface area contributed by atoms with E-state index in [0.717, 1.165) is 11.3 Å². The maximum Gasteiger partial charge on any atom is 0.238 e. The molecule has 1 fully saturated rings. The Balaban J connectivity index is 1.47. The van der Waals surface area contributed by atoms with Gasteiger partial charge in [-0.1, -0.05) is 56.3 Å². The zero-order valence-electron chi connectivity index (χ0n) is 17.5. The van der Waals surface area contributed by atoms with E-state index >= 15 is 0 Å². The highest BCUT2D eigenvalue weighted by Crippen LogP contribution is 2.17. The highest BCUT2D eigenvalue weighted by Gasteiger charge is 2.25. The maximum atomic E-state index is 12.5. The van der Waals surface area contributed by atoms with Gasteiger partial charge in [0.2, 0.25) is 15.9 Å². The summed E-state index contributed by atoms with van der Waals surface area (Å²) in [4.78, 5) is 14.3. The summed E-state index contributed by atoms with van der Waals surface area (Å²) in [6.45, 7) is 6.31. The van der Waals surface area contributed by atoms with Gasteiger partial charge in [-0.15, -0.1) is 0 Å². The topological polar surface area (TPSA) is 69.7 Å². The van der Waals surface area contributed by atoms with Gasteiger partial charge in [0, 0.05) is 37.3 Å². The molecule has 2 aromatic rings. The summed E-state index contributed by atoms with van der Waals surface area (Å²) in [6, 6.07) is 17.2. The van der Waals surface area contributed by atoms with Crippen LogP contribution in [0.5, 0.6) is 0 Å². The zero-order chi connectivity index (χ0) is 21.6. The van der Waals surface area contributed by atoms with E-state index in [0.29, 0.717) is 32.1 Å². The van der Waals surface area contributed by atoms with Crippen LogP contribution in [-0.4, -0.2) is 56.3 Å². The Kier molecular flexibility index (Phi) is 7.42. The lowest BCUT2D eigenvalue weighted by molar-refractivity contribution is -0.117. The molecule has 0 saturated carbocycles. The van der Waals surface area contributed by atoms with E-state index < -0.39 is 10.0 Å². The molecule has 6 nitrogen and oxygen atoms in total. The normalized spacial score (nSPS) is 16.2. The number of carbonyl (C=O) groups excluding carboxylic acids is 1. The summed E-state index contributed by atoms with van der Waals surface area (Å²) in [6.07, 6.45) is 1.61. The van der Waals surface area contributed by atoms with Crippen molar-refractivity contribution in [3.05, 3.63) is 71.1 Å². The van der Waals surface area contributed by atoms with Gasteiger partial charge in [0.15, 0.2) is 0 Å². The summed E-state index contributed by atoms with van der Waals surface area (Å²) >= 11 is 0. The SMILES string of the molecule is CC(C)c1ccc(NC(=O)CN2CCN(S(=O)(=O)/C=C/c3ccccc3)CC2)cc1. The highest BCUT2D eigenvalue weighted by molar-refractivity contribution is 7.92. The molecule has 3 rings (SSSR count). The van der Waals surface area contributed by atoms with Crippen molar-refractivity contribution in [1.82, 2.24) is 9.21 Å². The molecule has 30 heavy (non-hydrogen) atoms. The van der Waals surface area contributed by atoms with Crippen LogP contribution < -0.4 is 5.32 Å². The van der Waals surface area contributed by atoms with E-state index in [9.17, 15) is 13.2 Å². The average molecular weight is 428 g/mol. The second-order valence-electron chi connectivity index (χ2n) is 7.76. The highest BCUT2D eigenvalue weighted by atomic mass is 32.2. The molecule has 1 aliphatic rings. The minimum Gasteiger partial charge on any atom is -0.325 e. The van der Waals surface area contributed by atoms with Crippen LogP contribution in [0.4, 0.5) is 5.69 Å². The van der Waals surface area contributed by atoms with Gasteiger partial charge in [-0.25, -0.2) is 8.42 Å². The fraction of sp³-hybridized carbons (Fsp3) is 0.348. The minimum absolute atomic E-state index is 0.0902. The molecular weight excluding hydrogens is 398 g/mol. The minimum atomic E-state index is -3.47. The quantitative estimate of drug-likeness (QED) is 0.736. The summed E-state index contributed by atoms with van der Waals surface area (Å²) in [5, 5.41) is 4.17. The van der Waals surface area contributed by atoms with Crippen LogP contribution >= 0.6 is 0 Å². The molecule has 7 heteroatoms. The molecule has 0 atom stereocenters. The lowest BCUT2D eigenvalue weighted by atomic mass is 10.0. The number of benzene rings is 2. The first-order valence-corrected chi connectivity index (χ1v) is 11.7. The van der Waals surface area contributed by atoms with Crippen molar-refractivity contribution in [1.29, 1.82) is 0 Å². The molecule has 1 amide bonds. The van der Waals surface area contributed by atoms with Gasteiger partial charge in [0.1, 0.15) is 0 Å². The first-order chi connectivity index (χ1) is 14.3. The molecule has 1 heterocycles. The predicted octanol–water partition coefficient (Wildman–Crippen LogP) is 3.37. The van der Waals surface area contributed by atoms with E-state index in [4.69, 9.17) is 0 Å². The molecule has 0 bridgehead atoms. The van der Waals surface area contributed by atoms with Gasteiger partial charge in [-0.2, -0.15) is 4.31 Å². The third kappa shape index (κ3) is 6.26. The summed E-state index contributed by atoms with van der Waals surface area (Å²) in [5.41, 5.74) is 2.85. The van der Waals surface area contributed by atoms with Crippen molar-refractivity contribution >= 4 is 27.7 Å². The monoisotopic (exact) mass is 427 g/mol. The number of hydrogen-bond donors (Lipinski definition) is 1. The third-order valence-electron chi connectivity index (χ3n) is 5.15. The van der Waals surface area contributed by atoms with E-state index in [1.807, 2.05) is 59.5 Å². The van der Waals surface area contributed by atoms with E-state index in [2.05, 4.69) is 19.2 Å². The number of anilines is 1. The van der Waals surface area contributed by atoms with Gasteiger partial charge in [0.25, 0.3) is 0 Å². The first kappa shape index (κ1) is 22.2. The molecule has 0 radical (unpaired) electrons. The fourth-order valence-corrected chi connectivity index (χ4v) is 4.49. The standard InChI is InChI=1S/C23H29N3O3S/c1-19(2)21-8-10-22(11-9-21)24-23(27)18-25-13-15-26(16-14-25)30(28,29)17-12-20-6-4-3-5-7-20/h3-12,17,19H,13-16,18H2,1-2H3,(H,24,27)/b17-12+.